The topological polar surface area (TPSA) is 41.5 Å². The molecule has 0 aromatic carbocycles. The Morgan fingerprint density at radius 1 is 1.53 bits per heavy atom. The van der Waals surface area contributed by atoms with Crippen molar-refractivity contribution in [3.8, 4) is 5.06 Å². The average molecular weight is 229 g/mol. The van der Waals surface area contributed by atoms with Gasteiger partial charge in [0.2, 0.25) is 0 Å². The predicted molar refractivity (Wildman–Crippen MR) is 63.6 cm³/mol. The van der Waals surface area contributed by atoms with Crippen LogP contribution in [-0.4, -0.2) is 29.9 Å². The van der Waals surface area contributed by atoms with Crippen LogP contribution in [0.1, 0.15) is 20.8 Å². The Morgan fingerprint density at radius 2 is 2.27 bits per heavy atom. The lowest BCUT2D eigenvalue weighted by Gasteiger charge is -2.22. The van der Waals surface area contributed by atoms with Gasteiger partial charge in [0, 0.05) is 12.1 Å². The fourth-order valence-corrected chi connectivity index (χ4v) is 1.59. The van der Waals surface area contributed by atoms with Crippen molar-refractivity contribution >= 4 is 11.3 Å². The number of hydrogen-bond acceptors (Lipinski definition) is 4. The molecule has 2 N–H and O–H groups in total. The summed E-state index contributed by atoms with van der Waals surface area (Å²) in [4.78, 5) is 0. The van der Waals surface area contributed by atoms with Gasteiger partial charge < -0.3 is 15.2 Å². The average Bonchev–Trinajstić information content (AvgIpc) is 2.62. The molecular weight excluding hydrogens is 210 g/mol. The minimum atomic E-state index is -0.466. The van der Waals surface area contributed by atoms with E-state index in [9.17, 15) is 5.11 Å². The molecule has 0 saturated heterocycles. The summed E-state index contributed by atoms with van der Waals surface area (Å²) in [5, 5.41) is 15.7. The fourth-order valence-electron chi connectivity index (χ4n) is 1.01. The lowest BCUT2D eigenvalue weighted by molar-refractivity contribution is 0.102. The number of aliphatic hydroxyl groups excluding tert-OH is 1. The van der Waals surface area contributed by atoms with Gasteiger partial charge >= 0.3 is 0 Å². The number of rotatable bonds is 5. The third-order valence-corrected chi connectivity index (χ3v) is 2.56. The number of ether oxygens (including phenoxy) is 1. The zero-order valence-electron chi connectivity index (χ0n) is 9.49. The van der Waals surface area contributed by atoms with Gasteiger partial charge in [-0.2, -0.15) is 0 Å². The molecule has 0 spiro atoms. The molecule has 1 rings (SSSR count). The molecule has 1 atom stereocenters. The summed E-state index contributed by atoms with van der Waals surface area (Å²) in [6.07, 6.45) is -0.466. The number of hydrogen-bond donors (Lipinski definition) is 2. The first-order valence-electron chi connectivity index (χ1n) is 5.07. The van der Waals surface area contributed by atoms with E-state index in [0.717, 1.165) is 5.06 Å². The highest BCUT2D eigenvalue weighted by Crippen LogP contribution is 2.18. The minimum absolute atomic E-state index is 0.0317. The van der Waals surface area contributed by atoms with Crippen molar-refractivity contribution < 1.29 is 9.84 Å². The van der Waals surface area contributed by atoms with E-state index in [-0.39, 0.29) is 5.54 Å². The van der Waals surface area contributed by atoms with Crippen LogP contribution in [0.25, 0.3) is 0 Å². The van der Waals surface area contributed by atoms with Gasteiger partial charge in [-0.25, -0.2) is 0 Å². The van der Waals surface area contributed by atoms with Gasteiger partial charge in [-0.3, -0.25) is 0 Å². The van der Waals surface area contributed by atoms with Crippen LogP contribution >= 0.6 is 11.3 Å². The Kier molecular flexibility index (Phi) is 4.57. The second-order valence-corrected chi connectivity index (χ2v) is 5.44. The lowest BCUT2D eigenvalue weighted by Crippen LogP contribution is -2.42. The van der Waals surface area contributed by atoms with E-state index in [0.29, 0.717) is 13.2 Å². The van der Waals surface area contributed by atoms with Gasteiger partial charge in [0.25, 0.3) is 0 Å². The van der Waals surface area contributed by atoms with Crippen molar-refractivity contribution in [1.82, 2.24) is 5.32 Å². The van der Waals surface area contributed by atoms with Crippen molar-refractivity contribution in [3.05, 3.63) is 17.5 Å². The number of β-amino-alcohol motifs (C(OH)–C–C–N with tert-alkyl or cyclic N) is 1. The first-order valence-corrected chi connectivity index (χ1v) is 5.95. The van der Waals surface area contributed by atoms with Crippen molar-refractivity contribution in [3.63, 3.8) is 0 Å². The van der Waals surface area contributed by atoms with E-state index in [1.54, 1.807) is 0 Å². The molecule has 0 radical (unpaired) electrons. The number of thiophene rings is 1. The second kappa shape index (κ2) is 5.49. The van der Waals surface area contributed by atoms with Crippen molar-refractivity contribution in [1.29, 1.82) is 0 Å². The van der Waals surface area contributed by atoms with Crippen molar-refractivity contribution in [2.24, 2.45) is 0 Å². The highest BCUT2D eigenvalue weighted by molar-refractivity contribution is 7.11. The number of nitrogens with one attached hydrogen (secondary N) is 1. The zero-order chi connectivity index (χ0) is 11.3. The van der Waals surface area contributed by atoms with E-state index < -0.39 is 6.10 Å². The van der Waals surface area contributed by atoms with Crippen LogP contribution in [0, 0.1) is 0 Å². The van der Waals surface area contributed by atoms with E-state index in [1.165, 1.54) is 11.3 Å². The summed E-state index contributed by atoms with van der Waals surface area (Å²) < 4.78 is 5.40. The molecule has 1 unspecified atom stereocenters. The molecule has 0 fully saturated rings. The van der Waals surface area contributed by atoms with Crippen LogP contribution in [-0.2, 0) is 0 Å². The van der Waals surface area contributed by atoms with Gasteiger partial charge in [-0.05, 0) is 38.3 Å². The molecule has 0 amide bonds. The van der Waals surface area contributed by atoms with Gasteiger partial charge in [-0.1, -0.05) is 0 Å². The summed E-state index contributed by atoms with van der Waals surface area (Å²) in [5.74, 6) is 0. The smallest absolute Gasteiger partial charge is 0.173 e. The minimum Gasteiger partial charge on any atom is -0.481 e. The summed E-state index contributed by atoms with van der Waals surface area (Å²) >= 11 is 1.53. The Balaban J connectivity index is 2.16. The first kappa shape index (κ1) is 12.5. The summed E-state index contributed by atoms with van der Waals surface area (Å²) in [5.41, 5.74) is 0.0317. The molecule has 0 saturated carbocycles. The van der Waals surface area contributed by atoms with Gasteiger partial charge in [-0.15, -0.1) is 11.3 Å². The maximum atomic E-state index is 9.63. The van der Waals surface area contributed by atoms with Crippen molar-refractivity contribution in [2.45, 2.75) is 32.4 Å². The summed E-state index contributed by atoms with van der Waals surface area (Å²) in [6, 6.07) is 3.83. The Bertz CT molecular complexity index is 267. The molecule has 86 valence electrons. The molecule has 1 heterocycles. The third-order valence-electron chi connectivity index (χ3n) is 1.78. The third kappa shape index (κ3) is 5.77. The Hall–Kier alpha value is -0.580. The molecule has 4 heteroatoms. The maximum Gasteiger partial charge on any atom is 0.173 e. The van der Waals surface area contributed by atoms with Crippen LogP contribution in [0.3, 0.4) is 0 Å². The molecule has 15 heavy (non-hydrogen) atoms. The van der Waals surface area contributed by atoms with E-state index >= 15 is 0 Å². The van der Waals surface area contributed by atoms with Crippen molar-refractivity contribution in [2.75, 3.05) is 13.2 Å². The Labute approximate surface area is 95.1 Å². The molecule has 3 nitrogen and oxygen atoms in total. The van der Waals surface area contributed by atoms with Crippen LogP contribution in [0.15, 0.2) is 17.5 Å². The monoisotopic (exact) mass is 229 g/mol. The van der Waals surface area contributed by atoms with Crippen LogP contribution in [0.2, 0.25) is 0 Å². The van der Waals surface area contributed by atoms with E-state index in [4.69, 9.17) is 4.74 Å². The predicted octanol–water partition coefficient (Wildman–Crippen LogP) is 1.88. The van der Waals surface area contributed by atoms with Crippen LogP contribution in [0.4, 0.5) is 0 Å². The number of aliphatic hydroxyl groups is 1. The molecule has 0 aliphatic heterocycles. The maximum absolute atomic E-state index is 9.63. The van der Waals surface area contributed by atoms with Crippen LogP contribution < -0.4 is 10.1 Å². The van der Waals surface area contributed by atoms with E-state index in [2.05, 4.69) is 26.1 Å². The lowest BCUT2D eigenvalue weighted by atomic mass is 10.1. The largest absolute Gasteiger partial charge is 0.481 e. The molecule has 0 aliphatic rings. The highest BCUT2D eigenvalue weighted by Gasteiger charge is 2.12. The fraction of sp³-hybridized carbons (Fsp3) is 0.636. The quantitative estimate of drug-likeness (QED) is 0.810. The first-order chi connectivity index (χ1) is 6.97. The highest BCUT2D eigenvalue weighted by atomic mass is 32.1. The normalized spacial score (nSPS) is 13.9. The molecular formula is C11H19NO2S. The van der Waals surface area contributed by atoms with Gasteiger partial charge in [0.05, 0.1) is 0 Å². The SMILES string of the molecule is CC(C)(C)NCC(O)COc1cccs1. The van der Waals surface area contributed by atoms with Gasteiger partial charge in [0.1, 0.15) is 12.7 Å². The molecule has 0 bridgehead atoms. The summed E-state index contributed by atoms with van der Waals surface area (Å²) in [7, 11) is 0. The molecule has 0 aliphatic carbocycles. The molecule has 1 aromatic rings. The van der Waals surface area contributed by atoms with Crippen LogP contribution in [0.5, 0.6) is 5.06 Å². The zero-order valence-corrected chi connectivity index (χ0v) is 10.3. The second-order valence-electron chi connectivity index (χ2n) is 4.53. The Morgan fingerprint density at radius 3 is 2.80 bits per heavy atom. The standard InChI is InChI=1S/C11H19NO2S/c1-11(2,3)12-7-9(13)8-14-10-5-4-6-15-10/h4-6,9,12-13H,7-8H2,1-3H3. The molecule has 1 aromatic heterocycles. The van der Waals surface area contributed by atoms with E-state index in [1.807, 2.05) is 17.5 Å². The van der Waals surface area contributed by atoms with Gasteiger partial charge in [0.15, 0.2) is 5.06 Å². The summed E-state index contributed by atoms with van der Waals surface area (Å²) in [6.45, 7) is 7.10.